The van der Waals surface area contributed by atoms with Gasteiger partial charge in [-0.15, -0.1) is 0 Å². The largest absolute Gasteiger partial charge is 0.497 e. The Morgan fingerprint density at radius 3 is 2.48 bits per heavy atom. The lowest BCUT2D eigenvalue weighted by Crippen LogP contribution is -2.45. The zero-order chi connectivity index (χ0) is 22.2. The van der Waals surface area contributed by atoms with Crippen LogP contribution in [0.1, 0.15) is 40.7 Å². The summed E-state index contributed by atoms with van der Waals surface area (Å²) in [6.07, 6.45) is 3.81. The number of ether oxygens (including phenoxy) is 1. The molecule has 2 fully saturated rings. The Morgan fingerprint density at radius 2 is 1.87 bits per heavy atom. The number of carbonyl (C=O) groups excluding carboxylic acids is 2. The Labute approximate surface area is 179 Å². The van der Waals surface area contributed by atoms with Gasteiger partial charge < -0.3 is 14.7 Å². The fourth-order valence-corrected chi connectivity index (χ4v) is 4.26. The number of amides is 2. The fourth-order valence-electron chi connectivity index (χ4n) is 4.26. The highest BCUT2D eigenvalue weighted by molar-refractivity contribution is 6.06. The molecule has 2 aliphatic heterocycles. The zero-order valence-electron chi connectivity index (χ0n) is 17.5. The Kier molecular flexibility index (Phi) is 5.34. The van der Waals surface area contributed by atoms with Crippen LogP contribution in [0, 0.1) is 12.3 Å². The maximum absolute atomic E-state index is 13.3. The first-order chi connectivity index (χ1) is 14.8. The third-order valence-corrected chi connectivity index (χ3v) is 6.26. The van der Waals surface area contributed by atoms with Crippen molar-refractivity contribution < 1.29 is 24.2 Å². The first kappa shape index (κ1) is 20.8. The molecule has 4 rings (SSSR count). The number of likely N-dealkylation sites (tertiary alicyclic amines) is 1. The van der Waals surface area contributed by atoms with Crippen molar-refractivity contribution in [2.75, 3.05) is 25.1 Å². The molecule has 0 bridgehead atoms. The number of methoxy groups -OCH3 is 1. The van der Waals surface area contributed by atoms with Gasteiger partial charge in [0.2, 0.25) is 17.8 Å². The Bertz CT molecular complexity index is 1030. The van der Waals surface area contributed by atoms with Crippen LogP contribution in [-0.4, -0.2) is 58.0 Å². The van der Waals surface area contributed by atoms with Gasteiger partial charge in [0.05, 0.1) is 24.6 Å². The number of carbonyl (C=O) groups is 3. The molecule has 162 valence electrons. The van der Waals surface area contributed by atoms with E-state index in [2.05, 4.69) is 9.97 Å². The lowest BCUT2D eigenvalue weighted by molar-refractivity contribution is -0.142. The number of carboxylic acid groups (broad SMARTS) is 1. The summed E-state index contributed by atoms with van der Waals surface area (Å²) in [6, 6.07) is 5.64. The molecule has 9 nitrogen and oxygen atoms in total. The normalized spacial score (nSPS) is 18.0. The van der Waals surface area contributed by atoms with E-state index >= 15 is 0 Å². The van der Waals surface area contributed by atoms with Crippen LogP contribution in [0.15, 0.2) is 30.6 Å². The van der Waals surface area contributed by atoms with Crippen LogP contribution in [0.3, 0.4) is 0 Å². The predicted molar refractivity (Wildman–Crippen MR) is 111 cm³/mol. The summed E-state index contributed by atoms with van der Waals surface area (Å²) in [5.74, 6) is -0.230. The Hall–Kier alpha value is -3.49. The number of hydrogen-bond acceptors (Lipinski definition) is 7. The second kappa shape index (κ2) is 7.98. The van der Waals surface area contributed by atoms with Gasteiger partial charge in [0.25, 0.3) is 0 Å². The van der Waals surface area contributed by atoms with Gasteiger partial charge in [-0.05, 0) is 43.0 Å². The summed E-state index contributed by atoms with van der Waals surface area (Å²) in [5, 5.41) is 8.98. The molecule has 0 atom stereocenters. The number of benzene rings is 1. The number of anilines is 1. The number of aromatic carboxylic acids is 1. The molecule has 0 radical (unpaired) electrons. The Morgan fingerprint density at radius 1 is 1.19 bits per heavy atom. The fraction of sp³-hybridized carbons (Fsp3) is 0.409. The monoisotopic (exact) mass is 424 g/mol. The van der Waals surface area contributed by atoms with E-state index in [9.17, 15) is 14.4 Å². The third kappa shape index (κ3) is 3.83. The lowest BCUT2D eigenvalue weighted by atomic mass is 9.77. The van der Waals surface area contributed by atoms with Crippen LogP contribution >= 0.6 is 0 Å². The molecular weight excluding hydrogens is 400 g/mol. The number of carboxylic acids is 1. The molecule has 1 N–H and O–H groups in total. The highest BCUT2D eigenvalue weighted by Gasteiger charge is 2.52. The van der Waals surface area contributed by atoms with Crippen molar-refractivity contribution in [3.8, 4) is 5.75 Å². The maximum atomic E-state index is 13.3. The van der Waals surface area contributed by atoms with Crippen molar-refractivity contribution in [1.82, 2.24) is 14.9 Å². The van der Waals surface area contributed by atoms with E-state index < -0.39 is 11.4 Å². The van der Waals surface area contributed by atoms with Crippen LogP contribution in [0.2, 0.25) is 0 Å². The molecule has 3 heterocycles. The summed E-state index contributed by atoms with van der Waals surface area (Å²) in [7, 11) is 1.59. The van der Waals surface area contributed by atoms with Gasteiger partial charge in [-0.1, -0.05) is 6.07 Å². The molecule has 2 aliphatic rings. The molecule has 2 amide bonds. The maximum Gasteiger partial charge on any atom is 0.338 e. The van der Waals surface area contributed by atoms with Crippen molar-refractivity contribution in [3.05, 3.63) is 47.3 Å². The molecule has 2 saturated heterocycles. The molecule has 1 spiro atoms. The van der Waals surface area contributed by atoms with Crippen LogP contribution in [-0.2, 0) is 16.1 Å². The van der Waals surface area contributed by atoms with Gasteiger partial charge in [-0.25, -0.2) is 14.8 Å². The molecule has 2 aromatic rings. The molecule has 31 heavy (non-hydrogen) atoms. The van der Waals surface area contributed by atoms with Crippen molar-refractivity contribution >= 4 is 23.7 Å². The molecule has 0 saturated carbocycles. The van der Waals surface area contributed by atoms with Gasteiger partial charge >= 0.3 is 5.97 Å². The van der Waals surface area contributed by atoms with Crippen molar-refractivity contribution in [1.29, 1.82) is 0 Å². The Balaban J connectivity index is 1.46. The van der Waals surface area contributed by atoms with Crippen LogP contribution in [0.4, 0.5) is 5.95 Å². The molecule has 1 aromatic heterocycles. The average molecular weight is 424 g/mol. The van der Waals surface area contributed by atoms with E-state index in [4.69, 9.17) is 9.84 Å². The number of imide groups is 1. The van der Waals surface area contributed by atoms with Gasteiger partial charge in [-0.2, -0.15) is 0 Å². The topological polar surface area (TPSA) is 113 Å². The first-order valence-electron chi connectivity index (χ1n) is 10.1. The van der Waals surface area contributed by atoms with Gasteiger partial charge in [0, 0.05) is 31.9 Å². The van der Waals surface area contributed by atoms with E-state index in [1.165, 1.54) is 17.3 Å². The lowest BCUT2D eigenvalue weighted by Gasteiger charge is -2.37. The quantitative estimate of drug-likeness (QED) is 0.726. The van der Waals surface area contributed by atoms with Gasteiger partial charge in [-0.3, -0.25) is 14.5 Å². The number of hydrogen-bond donors (Lipinski definition) is 1. The minimum atomic E-state index is -1.08. The second-order valence-electron chi connectivity index (χ2n) is 8.10. The summed E-state index contributed by atoms with van der Waals surface area (Å²) in [6.45, 7) is 3.24. The van der Waals surface area contributed by atoms with Crippen molar-refractivity contribution in [2.24, 2.45) is 5.41 Å². The molecule has 0 aliphatic carbocycles. The summed E-state index contributed by atoms with van der Waals surface area (Å²) < 4.78 is 5.27. The van der Waals surface area contributed by atoms with E-state index in [1.54, 1.807) is 7.11 Å². The highest BCUT2D eigenvalue weighted by atomic mass is 16.5. The first-order valence-corrected chi connectivity index (χ1v) is 10.1. The summed E-state index contributed by atoms with van der Waals surface area (Å²) in [5.41, 5.74) is 1.22. The van der Waals surface area contributed by atoms with Crippen LogP contribution in [0.5, 0.6) is 5.75 Å². The van der Waals surface area contributed by atoms with Gasteiger partial charge in [0.1, 0.15) is 5.75 Å². The minimum absolute atomic E-state index is 0.0253. The SMILES string of the molecule is COc1ccc(C)c(CN2C(=O)CC3(CCN(c4ncc(C(=O)O)cn4)CC3)C2=O)c1. The van der Waals surface area contributed by atoms with Crippen LogP contribution < -0.4 is 9.64 Å². The highest BCUT2D eigenvalue weighted by Crippen LogP contribution is 2.43. The van der Waals surface area contributed by atoms with E-state index in [0.29, 0.717) is 37.6 Å². The number of rotatable bonds is 5. The number of nitrogens with zero attached hydrogens (tertiary/aromatic N) is 4. The summed E-state index contributed by atoms with van der Waals surface area (Å²) in [4.78, 5) is 48.6. The predicted octanol–water partition coefficient (Wildman–Crippen LogP) is 2.04. The van der Waals surface area contributed by atoms with Gasteiger partial charge in [0.15, 0.2) is 0 Å². The van der Waals surface area contributed by atoms with E-state index in [0.717, 1.165) is 11.1 Å². The molecule has 1 aromatic carbocycles. The molecule has 9 heteroatoms. The van der Waals surface area contributed by atoms with Crippen molar-refractivity contribution in [3.63, 3.8) is 0 Å². The minimum Gasteiger partial charge on any atom is -0.497 e. The average Bonchev–Trinajstić information content (AvgIpc) is 2.99. The summed E-state index contributed by atoms with van der Waals surface area (Å²) >= 11 is 0. The second-order valence-corrected chi connectivity index (χ2v) is 8.10. The van der Waals surface area contributed by atoms with Crippen LogP contribution in [0.25, 0.3) is 0 Å². The third-order valence-electron chi connectivity index (χ3n) is 6.26. The van der Waals surface area contributed by atoms with E-state index in [1.807, 2.05) is 30.0 Å². The number of aryl methyl sites for hydroxylation is 1. The smallest absolute Gasteiger partial charge is 0.338 e. The zero-order valence-corrected chi connectivity index (χ0v) is 17.5. The molecule has 0 unspecified atom stereocenters. The number of aromatic nitrogens is 2. The standard InChI is InChI=1S/C22H24N4O5/c1-14-3-4-17(31-2)9-15(14)13-26-18(27)10-22(20(26)30)5-7-25(8-6-22)21-23-11-16(12-24-21)19(28)29/h3-4,9,11-12H,5-8,10,13H2,1-2H3,(H,28,29). The van der Waals surface area contributed by atoms with E-state index in [-0.39, 0.29) is 30.3 Å². The molecular formula is C22H24N4O5. The number of piperidine rings is 1. The van der Waals surface area contributed by atoms with Crippen molar-refractivity contribution in [2.45, 2.75) is 32.7 Å².